The van der Waals surface area contributed by atoms with Crippen molar-refractivity contribution in [2.45, 2.75) is 56.0 Å². The maximum atomic E-state index is 12.8. The van der Waals surface area contributed by atoms with Crippen LogP contribution in [0.15, 0.2) is 18.2 Å². The lowest BCUT2D eigenvalue weighted by molar-refractivity contribution is -0.142. The van der Waals surface area contributed by atoms with Crippen LogP contribution in [0.2, 0.25) is 0 Å². The third kappa shape index (κ3) is 2.66. The number of fused-ring (bicyclic) bond motifs is 2. The van der Waals surface area contributed by atoms with Gasteiger partial charge in [-0.05, 0) is 44.9 Å². The summed E-state index contributed by atoms with van der Waals surface area (Å²) in [6.45, 7) is 0. The standard InChI is InChI=1S/C15H19F3N2O/c1-20-10-4-2-5-11(20)9-14(21,8-10)12-6-3-7-13(19-12)15(16,17)18/h3,6-7,10-11,21H,2,4-5,8-9H2,1H3. The Morgan fingerprint density at radius 1 is 1.24 bits per heavy atom. The van der Waals surface area contributed by atoms with E-state index in [9.17, 15) is 18.3 Å². The van der Waals surface area contributed by atoms with Crippen LogP contribution in [0.3, 0.4) is 0 Å². The van der Waals surface area contributed by atoms with Gasteiger partial charge in [0.1, 0.15) is 11.3 Å². The third-order valence-corrected chi connectivity index (χ3v) is 4.89. The molecule has 3 nitrogen and oxygen atoms in total. The molecule has 3 heterocycles. The number of aliphatic hydroxyl groups is 1. The molecule has 2 atom stereocenters. The Hall–Kier alpha value is -1.14. The van der Waals surface area contributed by atoms with E-state index in [0.717, 1.165) is 25.3 Å². The molecule has 2 aliphatic rings. The first-order valence-corrected chi connectivity index (χ1v) is 7.29. The Kier molecular flexibility index (Phi) is 3.48. The first kappa shape index (κ1) is 14.8. The van der Waals surface area contributed by atoms with Crippen molar-refractivity contribution in [2.24, 2.45) is 0 Å². The Balaban J connectivity index is 1.93. The summed E-state index contributed by atoms with van der Waals surface area (Å²) in [5.41, 5.74) is -2.02. The van der Waals surface area contributed by atoms with E-state index in [2.05, 4.69) is 9.88 Å². The minimum atomic E-state index is -4.48. The van der Waals surface area contributed by atoms with E-state index in [4.69, 9.17) is 0 Å². The number of alkyl halides is 3. The van der Waals surface area contributed by atoms with Crippen LogP contribution < -0.4 is 0 Å². The number of nitrogens with zero attached hydrogens (tertiary/aromatic N) is 2. The largest absolute Gasteiger partial charge is 0.433 e. The second kappa shape index (κ2) is 4.95. The normalized spacial score (nSPS) is 34.0. The summed E-state index contributed by atoms with van der Waals surface area (Å²) in [4.78, 5) is 5.95. The Labute approximate surface area is 121 Å². The second-order valence-corrected chi connectivity index (χ2v) is 6.25. The molecule has 0 saturated carbocycles. The molecule has 0 spiro atoms. The number of halogens is 3. The van der Waals surface area contributed by atoms with E-state index in [-0.39, 0.29) is 17.8 Å². The van der Waals surface area contributed by atoms with Crippen molar-refractivity contribution in [1.29, 1.82) is 0 Å². The van der Waals surface area contributed by atoms with Crippen LogP contribution in [0.1, 0.15) is 43.5 Å². The molecule has 116 valence electrons. The molecule has 6 heteroatoms. The van der Waals surface area contributed by atoms with E-state index < -0.39 is 17.5 Å². The van der Waals surface area contributed by atoms with Gasteiger partial charge in [-0.1, -0.05) is 12.5 Å². The quantitative estimate of drug-likeness (QED) is 0.866. The van der Waals surface area contributed by atoms with Gasteiger partial charge in [0, 0.05) is 12.1 Å². The SMILES string of the molecule is CN1C2CCCC1CC(O)(c1cccc(C(F)(F)F)n1)C2. The summed E-state index contributed by atoms with van der Waals surface area (Å²) < 4.78 is 38.4. The molecular weight excluding hydrogens is 281 g/mol. The average Bonchev–Trinajstić information content (AvgIpc) is 2.40. The van der Waals surface area contributed by atoms with Crippen LogP contribution in [-0.4, -0.2) is 34.1 Å². The highest BCUT2D eigenvalue weighted by Crippen LogP contribution is 2.43. The predicted molar refractivity (Wildman–Crippen MR) is 71.6 cm³/mol. The van der Waals surface area contributed by atoms with Gasteiger partial charge in [0.15, 0.2) is 0 Å². The molecule has 0 radical (unpaired) electrons. The van der Waals surface area contributed by atoms with E-state index in [1.807, 2.05) is 7.05 Å². The molecule has 1 aromatic rings. The lowest BCUT2D eigenvalue weighted by Crippen LogP contribution is -2.55. The zero-order valence-electron chi connectivity index (χ0n) is 11.9. The van der Waals surface area contributed by atoms with E-state index in [1.54, 1.807) is 0 Å². The van der Waals surface area contributed by atoms with Crippen LogP contribution in [0.25, 0.3) is 0 Å². The minimum absolute atomic E-state index is 0.155. The molecule has 3 rings (SSSR count). The van der Waals surface area contributed by atoms with Gasteiger partial charge in [-0.2, -0.15) is 13.2 Å². The van der Waals surface area contributed by atoms with Gasteiger partial charge in [-0.3, -0.25) is 0 Å². The van der Waals surface area contributed by atoms with E-state index >= 15 is 0 Å². The lowest BCUT2D eigenvalue weighted by atomic mass is 9.74. The lowest BCUT2D eigenvalue weighted by Gasteiger charge is -2.50. The summed E-state index contributed by atoms with van der Waals surface area (Å²) in [6, 6.07) is 4.23. The zero-order valence-corrected chi connectivity index (χ0v) is 11.9. The predicted octanol–water partition coefficient (Wildman–Crippen LogP) is 2.93. The average molecular weight is 300 g/mol. The summed E-state index contributed by atoms with van der Waals surface area (Å²) in [5.74, 6) is 0. The smallest absolute Gasteiger partial charge is 0.383 e. The molecule has 2 unspecified atom stereocenters. The first-order chi connectivity index (χ1) is 9.79. The number of hydrogen-bond acceptors (Lipinski definition) is 3. The Bertz CT molecular complexity index is 518. The fraction of sp³-hybridized carbons (Fsp3) is 0.667. The van der Waals surface area contributed by atoms with Crippen LogP contribution in [-0.2, 0) is 11.8 Å². The van der Waals surface area contributed by atoms with Crippen molar-refractivity contribution in [3.8, 4) is 0 Å². The number of pyridine rings is 1. The molecule has 0 aliphatic carbocycles. The van der Waals surface area contributed by atoms with Crippen molar-refractivity contribution < 1.29 is 18.3 Å². The van der Waals surface area contributed by atoms with Gasteiger partial charge >= 0.3 is 6.18 Å². The third-order valence-electron chi connectivity index (χ3n) is 4.89. The number of hydrogen-bond donors (Lipinski definition) is 1. The van der Waals surface area contributed by atoms with Crippen LogP contribution in [0.4, 0.5) is 13.2 Å². The van der Waals surface area contributed by atoms with Crippen molar-refractivity contribution in [2.75, 3.05) is 7.05 Å². The number of piperidine rings is 2. The fourth-order valence-electron chi connectivity index (χ4n) is 3.71. The monoisotopic (exact) mass is 300 g/mol. The van der Waals surface area contributed by atoms with Crippen LogP contribution >= 0.6 is 0 Å². The van der Waals surface area contributed by atoms with Gasteiger partial charge in [0.25, 0.3) is 0 Å². The molecule has 2 fully saturated rings. The molecule has 0 amide bonds. The van der Waals surface area contributed by atoms with Gasteiger partial charge < -0.3 is 10.0 Å². The van der Waals surface area contributed by atoms with Gasteiger partial charge in [-0.15, -0.1) is 0 Å². The topological polar surface area (TPSA) is 36.4 Å². The molecule has 2 bridgehead atoms. The highest BCUT2D eigenvalue weighted by molar-refractivity contribution is 5.21. The van der Waals surface area contributed by atoms with Crippen LogP contribution in [0, 0.1) is 0 Å². The van der Waals surface area contributed by atoms with Gasteiger partial charge in [0.2, 0.25) is 0 Å². The van der Waals surface area contributed by atoms with Crippen LogP contribution in [0.5, 0.6) is 0 Å². The molecule has 1 N–H and O–H groups in total. The summed E-state index contributed by atoms with van der Waals surface area (Å²) >= 11 is 0. The Morgan fingerprint density at radius 3 is 2.43 bits per heavy atom. The van der Waals surface area contributed by atoms with E-state index in [0.29, 0.717) is 12.8 Å². The summed E-state index contributed by atoms with van der Waals surface area (Å²) in [6.07, 6.45) is -0.495. The maximum Gasteiger partial charge on any atom is 0.433 e. The van der Waals surface area contributed by atoms with Gasteiger partial charge in [-0.25, -0.2) is 4.98 Å². The number of aromatic nitrogens is 1. The van der Waals surface area contributed by atoms with E-state index in [1.165, 1.54) is 12.1 Å². The Morgan fingerprint density at radius 2 is 1.86 bits per heavy atom. The zero-order chi connectivity index (χ0) is 15.3. The first-order valence-electron chi connectivity index (χ1n) is 7.29. The molecule has 2 saturated heterocycles. The van der Waals surface area contributed by atoms with Gasteiger partial charge in [0.05, 0.1) is 5.69 Å². The molecular formula is C15H19F3N2O. The van der Waals surface area contributed by atoms with Crippen molar-refractivity contribution >= 4 is 0 Å². The highest BCUT2D eigenvalue weighted by Gasteiger charge is 2.46. The maximum absolute atomic E-state index is 12.8. The molecule has 2 aliphatic heterocycles. The highest BCUT2D eigenvalue weighted by atomic mass is 19.4. The van der Waals surface area contributed by atoms with Crippen molar-refractivity contribution in [1.82, 2.24) is 9.88 Å². The minimum Gasteiger partial charge on any atom is -0.383 e. The summed E-state index contributed by atoms with van der Waals surface area (Å²) in [5, 5.41) is 10.9. The molecule has 0 aromatic carbocycles. The molecule has 21 heavy (non-hydrogen) atoms. The van der Waals surface area contributed by atoms with Crippen molar-refractivity contribution in [3.63, 3.8) is 0 Å². The van der Waals surface area contributed by atoms with Crippen molar-refractivity contribution in [3.05, 3.63) is 29.6 Å². The molecule has 1 aromatic heterocycles. The number of rotatable bonds is 1. The summed E-state index contributed by atoms with van der Waals surface area (Å²) in [7, 11) is 2.04. The fourth-order valence-corrected chi connectivity index (χ4v) is 3.71. The second-order valence-electron chi connectivity index (χ2n) is 6.25.